The molecule has 5 aromatic rings. The van der Waals surface area contributed by atoms with Crippen molar-refractivity contribution >= 4 is 11.0 Å². The van der Waals surface area contributed by atoms with Gasteiger partial charge in [-0.25, -0.2) is 4.98 Å². The van der Waals surface area contributed by atoms with Crippen LogP contribution in [0.5, 0.6) is 0 Å². The summed E-state index contributed by atoms with van der Waals surface area (Å²) in [6.45, 7) is 1.96. The van der Waals surface area contributed by atoms with Crippen molar-refractivity contribution in [1.29, 1.82) is 0 Å². The Morgan fingerprint density at radius 3 is 2.39 bits per heavy atom. The van der Waals surface area contributed by atoms with E-state index in [1.165, 1.54) is 0 Å². The van der Waals surface area contributed by atoms with Gasteiger partial charge in [0.25, 0.3) is 0 Å². The van der Waals surface area contributed by atoms with Crippen LogP contribution >= 0.6 is 0 Å². The van der Waals surface area contributed by atoms with E-state index in [4.69, 9.17) is 0 Å². The molecule has 3 heterocycles. The molecule has 3 aromatic heterocycles. The number of rotatable bonds is 3. The summed E-state index contributed by atoms with van der Waals surface area (Å²) in [6.07, 6.45) is 3.39. The Hall–Kier alpha value is -3.93. The second kappa shape index (κ2) is 6.66. The summed E-state index contributed by atoms with van der Waals surface area (Å²) >= 11 is 0. The smallest absolute Gasteiger partial charge is 0.156 e. The molecule has 0 bridgehead atoms. The van der Waals surface area contributed by atoms with Crippen molar-refractivity contribution in [3.8, 4) is 28.3 Å². The molecule has 6 heteroatoms. The van der Waals surface area contributed by atoms with E-state index in [2.05, 4.69) is 25.3 Å². The van der Waals surface area contributed by atoms with Crippen LogP contribution in [0.25, 0.3) is 39.4 Å². The van der Waals surface area contributed by atoms with Crippen LogP contribution in [0.3, 0.4) is 0 Å². The Labute approximate surface area is 161 Å². The molecule has 0 radical (unpaired) electrons. The minimum Gasteiger partial charge on any atom is -0.253 e. The van der Waals surface area contributed by atoms with Gasteiger partial charge in [0.1, 0.15) is 11.4 Å². The first kappa shape index (κ1) is 16.3. The Morgan fingerprint density at radius 2 is 1.57 bits per heavy atom. The van der Waals surface area contributed by atoms with Crippen LogP contribution in [0, 0.1) is 6.92 Å². The molecule has 0 aliphatic rings. The summed E-state index contributed by atoms with van der Waals surface area (Å²) in [6, 6.07) is 21.9. The number of nitrogens with zero attached hydrogens (tertiary/aromatic N) is 6. The van der Waals surface area contributed by atoms with Gasteiger partial charge >= 0.3 is 0 Å². The van der Waals surface area contributed by atoms with Crippen LogP contribution < -0.4 is 0 Å². The first-order valence-electron chi connectivity index (χ1n) is 8.96. The molecule has 0 amide bonds. The van der Waals surface area contributed by atoms with Gasteiger partial charge < -0.3 is 0 Å². The standard InChI is InChI=1S/C22H16N6/c1-15-6-5-9-20(25-15)28-22(21(26-27-28)16-7-3-2-4-8-16)17-10-11-18-19(14-17)24-13-12-23-18/h2-14H,1H3. The molecule has 0 fully saturated rings. The van der Waals surface area contributed by atoms with Crippen LogP contribution in [0.1, 0.15) is 5.69 Å². The predicted molar refractivity (Wildman–Crippen MR) is 108 cm³/mol. The van der Waals surface area contributed by atoms with Gasteiger partial charge in [0, 0.05) is 29.2 Å². The van der Waals surface area contributed by atoms with Crippen molar-refractivity contribution in [3.63, 3.8) is 0 Å². The number of aromatic nitrogens is 6. The van der Waals surface area contributed by atoms with Crippen molar-refractivity contribution in [2.75, 3.05) is 0 Å². The van der Waals surface area contributed by atoms with Crippen LogP contribution in [-0.4, -0.2) is 29.9 Å². The van der Waals surface area contributed by atoms with Crippen LogP contribution in [-0.2, 0) is 0 Å². The second-order valence-corrected chi connectivity index (χ2v) is 6.46. The van der Waals surface area contributed by atoms with E-state index in [0.717, 1.165) is 45.1 Å². The van der Waals surface area contributed by atoms with Gasteiger partial charge in [-0.1, -0.05) is 47.7 Å². The van der Waals surface area contributed by atoms with Crippen molar-refractivity contribution in [2.45, 2.75) is 6.92 Å². The van der Waals surface area contributed by atoms with E-state index in [0.29, 0.717) is 0 Å². The maximum Gasteiger partial charge on any atom is 0.156 e. The van der Waals surface area contributed by atoms with Crippen molar-refractivity contribution in [2.24, 2.45) is 0 Å². The summed E-state index contributed by atoms with van der Waals surface area (Å²) in [5.74, 6) is 0.726. The third kappa shape index (κ3) is 2.81. The molecule has 6 nitrogen and oxygen atoms in total. The van der Waals surface area contributed by atoms with E-state index < -0.39 is 0 Å². The molecule has 0 atom stereocenters. The highest BCUT2D eigenvalue weighted by Gasteiger charge is 2.19. The Balaban J connectivity index is 1.78. The van der Waals surface area contributed by atoms with Gasteiger partial charge in [0.2, 0.25) is 0 Å². The molecular weight excluding hydrogens is 348 g/mol. The SMILES string of the molecule is Cc1cccc(-n2nnc(-c3ccccc3)c2-c2ccc3nccnc3c2)n1. The quantitative estimate of drug-likeness (QED) is 0.479. The summed E-state index contributed by atoms with van der Waals surface area (Å²) < 4.78 is 1.78. The molecule has 0 aliphatic carbocycles. The Kier molecular flexibility index (Phi) is 3.87. The third-order valence-electron chi connectivity index (χ3n) is 4.55. The van der Waals surface area contributed by atoms with Crippen molar-refractivity contribution in [3.05, 3.63) is 84.8 Å². The summed E-state index contributed by atoms with van der Waals surface area (Å²) in [7, 11) is 0. The average Bonchev–Trinajstić information content (AvgIpc) is 3.19. The number of benzene rings is 2. The molecule has 2 aromatic carbocycles. The van der Waals surface area contributed by atoms with E-state index in [-0.39, 0.29) is 0 Å². The molecule has 0 saturated heterocycles. The monoisotopic (exact) mass is 364 g/mol. The fourth-order valence-corrected chi connectivity index (χ4v) is 3.25. The van der Waals surface area contributed by atoms with Gasteiger partial charge in [-0.2, -0.15) is 4.68 Å². The minimum absolute atomic E-state index is 0.726. The van der Waals surface area contributed by atoms with Gasteiger partial charge in [0.05, 0.1) is 11.0 Å². The molecule has 0 spiro atoms. The maximum atomic E-state index is 4.63. The predicted octanol–water partition coefficient (Wildman–Crippen LogP) is 4.25. The fourth-order valence-electron chi connectivity index (χ4n) is 3.25. The summed E-state index contributed by atoms with van der Waals surface area (Å²) in [5, 5.41) is 8.91. The lowest BCUT2D eigenvalue weighted by Crippen LogP contribution is -2.03. The number of pyridine rings is 1. The highest BCUT2D eigenvalue weighted by molar-refractivity contribution is 5.85. The van der Waals surface area contributed by atoms with Gasteiger partial charge in [-0.05, 0) is 31.2 Å². The Morgan fingerprint density at radius 1 is 0.750 bits per heavy atom. The molecule has 0 aliphatic heterocycles. The molecule has 0 unspecified atom stereocenters. The lowest BCUT2D eigenvalue weighted by molar-refractivity contribution is 0.783. The van der Waals surface area contributed by atoms with E-state index in [9.17, 15) is 0 Å². The summed E-state index contributed by atoms with van der Waals surface area (Å²) in [5.41, 5.74) is 6.22. The minimum atomic E-state index is 0.726. The zero-order valence-electron chi connectivity index (χ0n) is 15.2. The van der Waals surface area contributed by atoms with Gasteiger partial charge in [0.15, 0.2) is 5.82 Å². The Bertz CT molecular complexity index is 1280. The van der Waals surface area contributed by atoms with E-state index in [1.54, 1.807) is 17.1 Å². The normalized spacial score (nSPS) is 11.0. The molecule has 134 valence electrons. The van der Waals surface area contributed by atoms with Crippen molar-refractivity contribution in [1.82, 2.24) is 29.9 Å². The fraction of sp³-hybridized carbons (Fsp3) is 0.0455. The van der Waals surface area contributed by atoms with E-state index in [1.807, 2.05) is 73.7 Å². The highest BCUT2D eigenvalue weighted by Crippen LogP contribution is 2.32. The number of aryl methyl sites for hydroxylation is 1. The number of hydrogen-bond donors (Lipinski definition) is 0. The third-order valence-corrected chi connectivity index (χ3v) is 4.55. The van der Waals surface area contributed by atoms with Gasteiger partial charge in [-0.15, -0.1) is 5.10 Å². The maximum absolute atomic E-state index is 4.63. The second-order valence-electron chi connectivity index (χ2n) is 6.46. The first-order valence-corrected chi connectivity index (χ1v) is 8.96. The molecule has 0 saturated carbocycles. The number of fused-ring (bicyclic) bond motifs is 1. The number of hydrogen-bond acceptors (Lipinski definition) is 5. The lowest BCUT2D eigenvalue weighted by Gasteiger charge is -2.09. The van der Waals surface area contributed by atoms with Crippen LogP contribution in [0.2, 0.25) is 0 Å². The average molecular weight is 364 g/mol. The lowest BCUT2D eigenvalue weighted by atomic mass is 10.0. The summed E-state index contributed by atoms with van der Waals surface area (Å²) in [4.78, 5) is 13.4. The van der Waals surface area contributed by atoms with Crippen molar-refractivity contribution < 1.29 is 0 Å². The topological polar surface area (TPSA) is 69.4 Å². The molecular formula is C22H16N6. The largest absolute Gasteiger partial charge is 0.253 e. The zero-order valence-corrected chi connectivity index (χ0v) is 15.2. The molecule has 28 heavy (non-hydrogen) atoms. The molecule has 0 N–H and O–H groups in total. The van der Waals surface area contributed by atoms with Crippen LogP contribution in [0.4, 0.5) is 0 Å². The van der Waals surface area contributed by atoms with Crippen LogP contribution in [0.15, 0.2) is 79.1 Å². The zero-order chi connectivity index (χ0) is 18.9. The van der Waals surface area contributed by atoms with E-state index >= 15 is 0 Å². The van der Waals surface area contributed by atoms with Gasteiger partial charge in [-0.3, -0.25) is 9.97 Å². The molecule has 5 rings (SSSR count). The first-order chi connectivity index (χ1) is 13.8. The highest BCUT2D eigenvalue weighted by atomic mass is 15.4.